The van der Waals surface area contributed by atoms with E-state index in [-0.39, 0.29) is 36.5 Å². The molecule has 61 heavy (non-hydrogen) atoms. The van der Waals surface area contributed by atoms with Gasteiger partial charge in [0.25, 0.3) is 5.91 Å². The summed E-state index contributed by atoms with van der Waals surface area (Å²) in [6.45, 7) is 13.5. The molecule has 316 valence electrons. The summed E-state index contributed by atoms with van der Waals surface area (Å²) < 4.78 is 0. The Balaban J connectivity index is 0.745. The van der Waals surface area contributed by atoms with E-state index in [1.54, 1.807) is 17.0 Å². The van der Waals surface area contributed by atoms with Crippen molar-refractivity contribution >= 4 is 51.7 Å². The number of H-pyrrole nitrogens is 1. The first kappa shape index (κ1) is 40.4. The quantitative estimate of drug-likeness (QED) is 0.135. The fourth-order valence-electron chi connectivity index (χ4n) is 10.3. The lowest BCUT2D eigenvalue weighted by Crippen LogP contribution is -2.54. The van der Waals surface area contributed by atoms with Gasteiger partial charge in [-0.15, -0.1) is 0 Å². The summed E-state index contributed by atoms with van der Waals surface area (Å²) in [6, 6.07) is 17.4. The number of piperazine rings is 1. The monoisotopic (exact) mass is 823 g/mol. The molecule has 3 saturated heterocycles. The number of hydrogen-bond donors (Lipinski definition) is 4. The van der Waals surface area contributed by atoms with Crippen LogP contribution in [0, 0.1) is 11.3 Å². The summed E-state index contributed by atoms with van der Waals surface area (Å²) in [5.74, 6) is -0.928. The van der Waals surface area contributed by atoms with Gasteiger partial charge in [0.05, 0.1) is 23.7 Å². The topological polar surface area (TPSA) is 174 Å². The van der Waals surface area contributed by atoms with Gasteiger partial charge in [-0.2, -0.15) is 5.26 Å². The number of nitrogens with one attached hydrogen (secondary N) is 4. The van der Waals surface area contributed by atoms with Crippen LogP contribution in [0.25, 0.3) is 10.9 Å². The van der Waals surface area contributed by atoms with Crippen LogP contribution in [0.1, 0.15) is 101 Å². The highest BCUT2D eigenvalue weighted by atomic mass is 16.2. The number of aromatic nitrogens is 1. The van der Waals surface area contributed by atoms with Crippen LogP contribution in [0.4, 0.5) is 11.4 Å². The van der Waals surface area contributed by atoms with E-state index in [9.17, 15) is 29.2 Å². The minimum atomic E-state index is -0.665. The molecule has 1 aliphatic carbocycles. The lowest BCUT2D eigenvalue weighted by atomic mass is 9.70. The van der Waals surface area contributed by atoms with Gasteiger partial charge in [0.2, 0.25) is 17.7 Å². The molecule has 9 rings (SSSR count). The van der Waals surface area contributed by atoms with Crippen LogP contribution in [0.3, 0.4) is 0 Å². The minimum absolute atomic E-state index is 0.0170. The second-order valence-corrected chi connectivity index (χ2v) is 17.6. The molecule has 14 heteroatoms. The van der Waals surface area contributed by atoms with Gasteiger partial charge in [-0.05, 0) is 73.2 Å². The molecule has 0 bridgehead atoms. The Labute approximate surface area is 355 Å². The van der Waals surface area contributed by atoms with Gasteiger partial charge in [-0.25, -0.2) is 0 Å². The van der Waals surface area contributed by atoms with E-state index in [1.807, 2.05) is 24.3 Å². The van der Waals surface area contributed by atoms with Crippen molar-refractivity contribution in [3.63, 3.8) is 0 Å². The third kappa shape index (κ3) is 7.33. The molecule has 5 heterocycles. The van der Waals surface area contributed by atoms with Crippen molar-refractivity contribution in [3.05, 3.63) is 93.2 Å². The number of benzene rings is 3. The maximum Gasteiger partial charge on any atom is 0.255 e. The van der Waals surface area contributed by atoms with Crippen LogP contribution in [-0.2, 0) is 32.8 Å². The number of anilines is 2. The molecular formula is C47H53N9O5. The van der Waals surface area contributed by atoms with Crippen LogP contribution >= 0.6 is 0 Å². The van der Waals surface area contributed by atoms with E-state index < -0.39 is 17.4 Å². The van der Waals surface area contributed by atoms with Gasteiger partial charge in [-0.3, -0.25) is 39.1 Å². The van der Waals surface area contributed by atoms with E-state index in [4.69, 9.17) is 0 Å². The number of fused-ring (bicyclic) bond motifs is 5. The highest BCUT2D eigenvalue weighted by Gasteiger charge is 2.42. The summed E-state index contributed by atoms with van der Waals surface area (Å²) in [5.41, 5.74) is 8.99. The van der Waals surface area contributed by atoms with Crippen molar-refractivity contribution in [1.29, 1.82) is 5.26 Å². The normalized spacial score (nSPS) is 20.6. The zero-order chi connectivity index (χ0) is 42.6. The molecule has 4 aromatic rings. The summed E-state index contributed by atoms with van der Waals surface area (Å²) >= 11 is 0. The number of piperidine rings is 2. The SMILES string of the molecule is CCc1cc2c(cc1N1CCC(N3CCN(CC(=O)NCCNc4cccc5c4CN(C4CCC(=O)NC4=O)C5=O)CC3)CC1)C(C)(C)c1[nH]c3cc(C#N)ccc3c1C2=O. The summed E-state index contributed by atoms with van der Waals surface area (Å²) in [4.78, 5) is 76.7. The van der Waals surface area contributed by atoms with E-state index >= 15 is 0 Å². The number of amides is 4. The number of hydrogen-bond acceptors (Lipinski definition) is 10. The number of aromatic amines is 1. The molecule has 0 spiro atoms. The molecule has 4 aliphatic heterocycles. The highest BCUT2D eigenvalue weighted by Crippen LogP contribution is 2.46. The Morgan fingerprint density at radius 3 is 2.46 bits per heavy atom. The second kappa shape index (κ2) is 16.1. The van der Waals surface area contributed by atoms with Gasteiger partial charge < -0.3 is 25.4 Å². The van der Waals surface area contributed by atoms with Crippen molar-refractivity contribution < 1.29 is 24.0 Å². The number of nitrogens with zero attached hydrogens (tertiary/aromatic N) is 5. The van der Waals surface area contributed by atoms with Gasteiger partial charge in [-0.1, -0.05) is 32.9 Å². The molecule has 1 aromatic heterocycles. The summed E-state index contributed by atoms with van der Waals surface area (Å²) in [6.07, 6.45) is 3.46. The van der Waals surface area contributed by atoms with E-state index in [0.717, 1.165) is 103 Å². The molecule has 1 unspecified atom stereocenters. The average Bonchev–Trinajstić information content (AvgIpc) is 3.83. The zero-order valence-corrected chi connectivity index (χ0v) is 35.2. The first-order valence-electron chi connectivity index (χ1n) is 21.7. The maximum atomic E-state index is 14.1. The zero-order valence-electron chi connectivity index (χ0n) is 35.2. The largest absolute Gasteiger partial charge is 0.383 e. The molecule has 3 fully saturated rings. The Kier molecular flexibility index (Phi) is 10.7. The fraction of sp³-hybridized carbons (Fsp3) is 0.447. The van der Waals surface area contributed by atoms with E-state index in [1.165, 1.54) is 11.3 Å². The molecule has 0 radical (unpaired) electrons. The molecule has 5 aliphatic rings. The lowest BCUT2D eigenvalue weighted by Gasteiger charge is -2.44. The number of carbonyl (C=O) groups is 5. The Morgan fingerprint density at radius 1 is 0.934 bits per heavy atom. The number of rotatable bonds is 10. The molecular weight excluding hydrogens is 771 g/mol. The molecule has 1 atom stereocenters. The molecule has 4 N–H and O–H groups in total. The summed E-state index contributed by atoms with van der Waals surface area (Å²) in [7, 11) is 0. The second-order valence-electron chi connectivity index (χ2n) is 17.6. The third-order valence-corrected chi connectivity index (χ3v) is 13.7. The Hall–Kier alpha value is -6.04. The molecule has 3 aromatic carbocycles. The van der Waals surface area contributed by atoms with Crippen LogP contribution in [0.15, 0.2) is 48.5 Å². The maximum absolute atomic E-state index is 14.1. The van der Waals surface area contributed by atoms with Crippen LogP contribution in [-0.4, -0.2) is 120 Å². The lowest BCUT2D eigenvalue weighted by molar-refractivity contribution is -0.137. The smallest absolute Gasteiger partial charge is 0.255 e. The molecule has 0 saturated carbocycles. The number of ketones is 1. The number of aryl methyl sites for hydroxylation is 1. The van der Waals surface area contributed by atoms with Crippen molar-refractivity contribution in [2.24, 2.45) is 0 Å². The van der Waals surface area contributed by atoms with Crippen molar-refractivity contribution in [1.82, 2.24) is 30.3 Å². The predicted molar refractivity (Wildman–Crippen MR) is 232 cm³/mol. The van der Waals surface area contributed by atoms with Crippen molar-refractivity contribution in [2.75, 3.05) is 69.1 Å². The van der Waals surface area contributed by atoms with Gasteiger partial charge >= 0.3 is 0 Å². The number of imide groups is 1. The van der Waals surface area contributed by atoms with Gasteiger partial charge in [0.1, 0.15) is 6.04 Å². The van der Waals surface area contributed by atoms with Crippen LogP contribution in [0.2, 0.25) is 0 Å². The van der Waals surface area contributed by atoms with Gasteiger partial charge in [0.15, 0.2) is 5.78 Å². The van der Waals surface area contributed by atoms with Crippen LogP contribution < -0.4 is 20.9 Å². The van der Waals surface area contributed by atoms with Crippen molar-refractivity contribution in [3.8, 4) is 6.07 Å². The minimum Gasteiger partial charge on any atom is -0.383 e. The fourth-order valence-corrected chi connectivity index (χ4v) is 10.3. The molecule has 4 amide bonds. The molecule has 14 nitrogen and oxygen atoms in total. The van der Waals surface area contributed by atoms with Gasteiger partial charge in [0, 0.05) is 121 Å². The number of carbonyl (C=O) groups excluding carboxylic acids is 5. The average molecular weight is 824 g/mol. The summed E-state index contributed by atoms with van der Waals surface area (Å²) in [5, 5.41) is 19.1. The first-order valence-corrected chi connectivity index (χ1v) is 21.7. The Morgan fingerprint density at radius 2 is 1.72 bits per heavy atom. The Bertz CT molecular complexity index is 2500. The number of nitriles is 1. The highest BCUT2D eigenvalue weighted by molar-refractivity contribution is 6.20. The van der Waals surface area contributed by atoms with E-state index in [2.05, 4.69) is 74.6 Å². The third-order valence-electron chi connectivity index (χ3n) is 13.7. The van der Waals surface area contributed by atoms with E-state index in [0.29, 0.717) is 43.2 Å². The van der Waals surface area contributed by atoms with Crippen molar-refractivity contribution in [2.45, 2.75) is 76.9 Å². The van der Waals surface area contributed by atoms with Crippen LogP contribution in [0.5, 0.6) is 0 Å². The predicted octanol–water partition coefficient (Wildman–Crippen LogP) is 4.05. The first-order chi connectivity index (χ1) is 29.4. The standard InChI is InChI=1S/C47H53N9O5/c1-4-29-23-33-35(47(2,3)44-42(43(33)59)32-9-8-28(25-48)22-37(32)51-44)24-39(29)55-16-12-30(13-17-55)54-20-18-53(19-21-54)27-41(58)50-15-14-49-36-7-5-6-31-34(36)26-56(46(31)61)38-10-11-40(57)52-45(38)60/h5-9,22-24,30,38,49,51H,4,10-21,26-27H2,1-3H3,(H,50,58)(H,52,57,60).